The Labute approximate surface area is 118 Å². The second-order valence-corrected chi connectivity index (χ2v) is 4.32. The van der Waals surface area contributed by atoms with Crippen molar-refractivity contribution in [2.45, 2.75) is 26.9 Å². The van der Waals surface area contributed by atoms with Crippen molar-refractivity contribution in [3.63, 3.8) is 0 Å². The first-order chi connectivity index (χ1) is 8.63. The molecule has 1 N–H and O–H groups in total. The summed E-state index contributed by atoms with van der Waals surface area (Å²) in [5.41, 5.74) is 3.27. The minimum absolute atomic E-state index is 0. The van der Waals surface area contributed by atoms with Crippen molar-refractivity contribution in [3.05, 3.63) is 29.2 Å². The zero-order valence-electron chi connectivity index (χ0n) is 11.4. The van der Waals surface area contributed by atoms with Gasteiger partial charge in [-0.05, 0) is 13.8 Å². The van der Waals surface area contributed by atoms with Crippen molar-refractivity contribution < 1.29 is 4.39 Å². The van der Waals surface area contributed by atoms with Crippen LogP contribution in [0.4, 0.5) is 10.2 Å². The monoisotopic (exact) mass is 287 g/mol. The van der Waals surface area contributed by atoms with Crippen molar-refractivity contribution >= 4 is 18.2 Å². The van der Waals surface area contributed by atoms with Gasteiger partial charge in [0.25, 0.3) is 0 Å². The second-order valence-electron chi connectivity index (χ2n) is 4.32. The molecule has 0 saturated carbocycles. The Kier molecular flexibility index (Phi) is 5.35. The molecule has 0 radical (unpaired) electrons. The fourth-order valence-corrected chi connectivity index (χ4v) is 1.86. The molecule has 19 heavy (non-hydrogen) atoms. The summed E-state index contributed by atoms with van der Waals surface area (Å²) in [7, 11) is 1.91. The molecule has 2 aromatic rings. The van der Waals surface area contributed by atoms with Gasteiger partial charge in [0.1, 0.15) is 12.5 Å². The minimum atomic E-state index is -0.415. The van der Waals surface area contributed by atoms with Gasteiger partial charge in [0.15, 0.2) is 0 Å². The van der Waals surface area contributed by atoms with Crippen LogP contribution >= 0.6 is 12.4 Å². The van der Waals surface area contributed by atoms with Gasteiger partial charge in [-0.15, -0.1) is 12.4 Å². The van der Waals surface area contributed by atoms with E-state index in [4.69, 9.17) is 0 Å². The number of alkyl halides is 1. The average molecular weight is 288 g/mol. The first-order valence-corrected chi connectivity index (χ1v) is 5.93. The van der Waals surface area contributed by atoms with Gasteiger partial charge in [0.2, 0.25) is 0 Å². The number of rotatable bonds is 5. The summed E-state index contributed by atoms with van der Waals surface area (Å²) in [6.45, 7) is 4.51. The molecule has 0 aliphatic heterocycles. The number of halogens is 2. The molecule has 5 nitrogen and oxygen atoms in total. The van der Waals surface area contributed by atoms with Gasteiger partial charge in [-0.1, -0.05) is 0 Å². The van der Waals surface area contributed by atoms with Gasteiger partial charge in [0, 0.05) is 30.4 Å². The van der Waals surface area contributed by atoms with E-state index in [1.54, 1.807) is 10.9 Å². The van der Waals surface area contributed by atoms with E-state index in [0.29, 0.717) is 6.54 Å². The number of hydrogen-bond donors (Lipinski definition) is 1. The van der Waals surface area contributed by atoms with E-state index in [1.165, 1.54) is 0 Å². The van der Waals surface area contributed by atoms with Crippen molar-refractivity contribution in [2.75, 3.05) is 12.0 Å². The van der Waals surface area contributed by atoms with Crippen LogP contribution in [0.3, 0.4) is 0 Å². The van der Waals surface area contributed by atoms with E-state index < -0.39 is 6.67 Å². The van der Waals surface area contributed by atoms with Crippen LogP contribution in [0.5, 0.6) is 0 Å². The summed E-state index contributed by atoms with van der Waals surface area (Å²) >= 11 is 0. The third kappa shape index (κ3) is 3.26. The fraction of sp³-hybridized carbons (Fsp3) is 0.500. The Balaban J connectivity index is 0.00000180. The predicted octanol–water partition coefficient (Wildman–Crippen LogP) is 2.24. The molecule has 2 aromatic heterocycles. The molecule has 106 valence electrons. The van der Waals surface area contributed by atoms with Crippen LogP contribution in [0, 0.1) is 13.8 Å². The SMILES string of the molecule is Cc1cnn(CCF)c1NCc1cnn(C)c1C.Cl. The highest BCUT2D eigenvalue weighted by Gasteiger charge is 2.09. The molecule has 0 amide bonds. The normalized spacial score (nSPS) is 10.3. The van der Waals surface area contributed by atoms with E-state index in [-0.39, 0.29) is 19.0 Å². The zero-order chi connectivity index (χ0) is 13.1. The summed E-state index contributed by atoms with van der Waals surface area (Å²) in [6.07, 6.45) is 3.58. The quantitative estimate of drug-likeness (QED) is 0.917. The van der Waals surface area contributed by atoms with Gasteiger partial charge < -0.3 is 5.32 Å². The lowest BCUT2D eigenvalue weighted by Gasteiger charge is -2.09. The molecule has 0 aromatic carbocycles. The molecule has 0 saturated heterocycles. The number of aryl methyl sites for hydroxylation is 3. The van der Waals surface area contributed by atoms with Crippen LogP contribution in [0.2, 0.25) is 0 Å². The molecule has 0 bridgehead atoms. The summed E-state index contributed by atoms with van der Waals surface area (Å²) in [5, 5.41) is 11.6. The third-order valence-corrected chi connectivity index (χ3v) is 3.10. The second kappa shape index (κ2) is 6.56. The highest BCUT2D eigenvalue weighted by Crippen LogP contribution is 2.16. The average Bonchev–Trinajstić information content (AvgIpc) is 2.85. The maximum atomic E-state index is 12.4. The van der Waals surface area contributed by atoms with Gasteiger partial charge in [0.05, 0.1) is 18.9 Å². The van der Waals surface area contributed by atoms with E-state index in [0.717, 1.165) is 22.6 Å². The molecule has 0 spiro atoms. The predicted molar refractivity (Wildman–Crippen MR) is 75.5 cm³/mol. The molecule has 0 unspecified atom stereocenters. The Bertz CT molecular complexity index is 534. The summed E-state index contributed by atoms with van der Waals surface area (Å²) in [4.78, 5) is 0. The standard InChI is InChI=1S/C12H18FN5.ClH/c1-9-6-16-18(5-4-13)12(9)14-7-11-8-15-17(3)10(11)2;/h6,8,14H,4-5,7H2,1-3H3;1H. The van der Waals surface area contributed by atoms with Gasteiger partial charge >= 0.3 is 0 Å². The Morgan fingerprint density at radius 3 is 2.58 bits per heavy atom. The molecule has 2 rings (SSSR count). The van der Waals surface area contributed by atoms with Crippen LogP contribution in [0.15, 0.2) is 12.4 Å². The molecule has 0 atom stereocenters. The molecule has 2 heterocycles. The lowest BCUT2D eigenvalue weighted by Crippen LogP contribution is -2.10. The Morgan fingerprint density at radius 2 is 2.00 bits per heavy atom. The van der Waals surface area contributed by atoms with Gasteiger partial charge in [-0.3, -0.25) is 4.68 Å². The van der Waals surface area contributed by atoms with Crippen LogP contribution in [-0.2, 0) is 20.1 Å². The van der Waals surface area contributed by atoms with Crippen LogP contribution < -0.4 is 5.32 Å². The largest absolute Gasteiger partial charge is 0.366 e. The van der Waals surface area contributed by atoms with Crippen molar-refractivity contribution in [3.8, 4) is 0 Å². The van der Waals surface area contributed by atoms with Crippen molar-refractivity contribution in [1.29, 1.82) is 0 Å². The lowest BCUT2D eigenvalue weighted by atomic mass is 10.2. The van der Waals surface area contributed by atoms with Crippen molar-refractivity contribution in [2.24, 2.45) is 7.05 Å². The topological polar surface area (TPSA) is 47.7 Å². The molecular weight excluding hydrogens is 269 g/mol. The number of hydrogen-bond acceptors (Lipinski definition) is 3. The third-order valence-electron chi connectivity index (χ3n) is 3.10. The van der Waals surface area contributed by atoms with Crippen LogP contribution in [0.1, 0.15) is 16.8 Å². The van der Waals surface area contributed by atoms with Gasteiger partial charge in [-0.25, -0.2) is 9.07 Å². The summed E-state index contributed by atoms with van der Waals surface area (Å²) in [6, 6.07) is 0. The van der Waals surface area contributed by atoms with E-state index >= 15 is 0 Å². The zero-order valence-corrected chi connectivity index (χ0v) is 12.2. The van der Waals surface area contributed by atoms with Gasteiger partial charge in [-0.2, -0.15) is 10.2 Å². The molecule has 7 heteroatoms. The molecule has 0 aliphatic carbocycles. The maximum absolute atomic E-state index is 12.4. The molecule has 0 fully saturated rings. The summed E-state index contributed by atoms with van der Waals surface area (Å²) in [5.74, 6) is 0.871. The number of anilines is 1. The molecular formula is C12H19ClFN5. The molecule has 0 aliphatic rings. The number of nitrogens with one attached hydrogen (secondary N) is 1. The minimum Gasteiger partial charge on any atom is -0.366 e. The van der Waals surface area contributed by atoms with E-state index in [1.807, 2.05) is 31.8 Å². The lowest BCUT2D eigenvalue weighted by molar-refractivity contribution is 0.429. The van der Waals surface area contributed by atoms with Crippen LogP contribution in [0.25, 0.3) is 0 Å². The Hall–Kier alpha value is -1.56. The highest BCUT2D eigenvalue weighted by atomic mass is 35.5. The van der Waals surface area contributed by atoms with Crippen molar-refractivity contribution in [1.82, 2.24) is 19.6 Å². The fourth-order valence-electron chi connectivity index (χ4n) is 1.86. The maximum Gasteiger partial charge on any atom is 0.127 e. The smallest absolute Gasteiger partial charge is 0.127 e. The van der Waals surface area contributed by atoms with E-state index in [9.17, 15) is 4.39 Å². The first kappa shape index (κ1) is 15.5. The Morgan fingerprint density at radius 1 is 1.26 bits per heavy atom. The summed E-state index contributed by atoms with van der Waals surface area (Å²) < 4.78 is 15.9. The van der Waals surface area contributed by atoms with Crippen LogP contribution in [-0.4, -0.2) is 26.2 Å². The van der Waals surface area contributed by atoms with E-state index in [2.05, 4.69) is 15.5 Å². The number of nitrogens with zero attached hydrogens (tertiary/aromatic N) is 4. The first-order valence-electron chi connectivity index (χ1n) is 5.93. The number of aromatic nitrogens is 4. The highest BCUT2D eigenvalue weighted by molar-refractivity contribution is 5.85.